The number of nitrogens with one attached hydrogen (secondary N) is 2. The number of hydrogen-bond acceptors (Lipinski definition) is 6. The highest BCUT2D eigenvalue weighted by Gasteiger charge is 2.18. The van der Waals surface area contributed by atoms with Gasteiger partial charge in [0, 0.05) is 11.1 Å². The first kappa shape index (κ1) is 20.6. The van der Waals surface area contributed by atoms with E-state index in [1.54, 1.807) is 48.5 Å². The maximum absolute atomic E-state index is 12.8. The molecule has 3 aromatic carbocycles. The number of nitrogen functional groups attached to an aromatic ring is 1. The number of nitrogens with two attached hydrogens (primary N) is 1. The number of benzene rings is 3. The van der Waals surface area contributed by atoms with Gasteiger partial charge in [-0.25, -0.2) is 10.6 Å². The second-order valence-corrected chi connectivity index (χ2v) is 6.09. The van der Waals surface area contributed by atoms with E-state index in [9.17, 15) is 14.4 Å². The molecule has 3 aromatic rings. The molecule has 2 amide bonds. The van der Waals surface area contributed by atoms with E-state index in [-0.39, 0.29) is 28.5 Å². The molecular weight excluding hydrogens is 386 g/mol. The summed E-state index contributed by atoms with van der Waals surface area (Å²) in [5.74, 6) is 3.85. The lowest BCUT2D eigenvalue weighted by Crippen LogP contribution is -2.29. The molecule has 8 nitrogen and oxygen atoms in total. The van der Waals surface area contributed by atoms with E-state index in [0.717, 1.165) is 0 Å². The van der Waals surface area contributed by atoms with Gasteiger partial charge < -0.3 is 14.8 Å². The first-order chi connectivity index (χ1) is 14.5. The number of hydrogen-bond donors (Lipinski definition) is 3. The Labute approximate surface area is 172 Å². The molecule has 3 rings (SSSR count). The van der Waals surface area contributed by atoms with Crippen molar-refractivity contribution >= 4 is 23.5 Å². The van der Waals surface area contributed by atoms with E-state index >= 15 is 0 Å². The Morgan fingerprint density at radius 3 is 2.20 bits per heavy atom. The van der Waals surface area contributed by atoms with Gasteiger partial charge in [0.2, 0.25) is 0 Å². The Hall–Kier alpha value is -4.17. The van der Waals surface area contributed by atoms with Crippen LogP contribution in [-0.4, -0.2) is 24.9 Å². The number of carbonyl (C=O) groups is 3. The molecule has 152 valence electrons. The number of methoxy groups -OCH3 is 1. The van der Waals surface area contributed by atoms with Gasteiger partial charge in [-0.1, -0.05) is 30.3 Å². The predicted molar refractivity (Wildman–Crippen MR) is 110 cm³/mol. The van der Waals surface area contributed by atoms with Crippen molar-refractivity contribution in [1.29, 1.82) is 0 Å². The van der Waals surface area contributed by atoms with Crippen molar-refractivity contribution in [2.75, 3.05) is 12.4 Å². The van der Waals surface area contributed by atoms with Crippen LogP contribution in [-0.2, 0) is 0 Å². The molecule has 0 heterocycles. The number of carbonyl (C=O) groups excluding carboxylic acids is 3. The second-order valence-electron chi connectivity index (χ2n) is 6.09. The summed E-state index contributed by atoms with van der Waals surface area (Å²) in [5, 5.41) is 2.72. The van der Waals surface area contributed by atoms with Gasteiger partial charge in [-0.2, -0.15) is 0 Å². The average molecular weight is 405 g/mol. The Balaban J connectivity index is 1.83. The van der Waals surface area contributed by atoms with Crippen molar-refractivity contribution in [2.24, 2.45) is 5.84 Å². The topological polar surface area (TPSA) is 120 Å². The molecular formula is C22H19N3O5. The predicted octanol–water partition coefficient (Wildman–Crippen LogP) is 2.77. The zero-order valence-corrected chi connectivity index (χ0v) is 16.0. The summed E-state index contributed by atoms with van der Waals surface area (Å²) in [6.07, 6.45) is 0. The number of rotatable bonds is 6. The first-order valence-electron chi connectivity index (χ1n) is 8.90. The van der Waals surface area contributed by atoms with Gasteiger partial charge in [0.25, 0.3) is 11.8 Å². The minimum atomic E-state index is -0.701. The summed E-state index contributed by atoms with van der Waals surface area (Å²) in [7, 11) is 1.38. The monoisotopic (exact) mass is 405 g/mol. The molecule has 0 radical (unpaired) electrons. The van der Waals surface area contributed by atoms with Crippen LogP contribution in [0.4, 0.5) is 5.69 Å². The molecule has 0 aliphatic rings. The fraction of sp³-hybridized carbons (Fsp3) is 0.0455. The molecule has 0 bridgehead atoms. The zero-order chi connectivity index (χ0) is 21.5. The lowest BCUT2D eigenvalue weighted by molar-refractivity contribution is 0.0731. The summed E-state index contributed by atoms with van der Waals surface area (Å²) in [6, 6.07) is 19.4. The highest BCUT2D eigenvalue weighted by atomic mass is 16.6. The van der Waals surface area contributed by atoms with E-state index < -0.39 is 11.9 Å². The van der Waals surface area contributed by atoms with Gasteiger partial charge in [-0.05, 0) is 42.5 Å². The molecule has 0 fully saturated rings. The van der Waals surface area contributed by atoms with Gasteiger partial charge in [-0.3, -0.25) is 15.0 Å². The molecule has 0 spiro atoms. The van der Waals surface area contributed by atoms with E-state index in [4.69, 9.17) is 15.3 Å². The molecule has 4 N–H and O–H groups in total. The summed E-state index contributed by atoms with van der Waals surface area (Å²) in [5.41, 5.74) is 3.17. The van der Waals surface area contributed by atoms with Crippen LogP contribution in [0.5, 0.6) is 11.5 Å². The largest absolute Gasteiger partial charge is 0.493 e. The van der Waals surface area contributed by atoms with E-state index in [1.165, 1.54) is 31.4 Å². The molecule has 0 aromatic heterocycles. The molecule has 0 aliphatic heterocycles. The molecule has 0 unspecified atom stereocenters. The summed E-state index contributed by atoms with van der Waals surface area (Å²) in [4.78, 5) is 36.9. The molecule has 30 heavy (non-hydrogen) atoms. The number of hydrazine groups is 1. The lowest BCUT2D eigenvalue weighted by Gasteiger charge is -2.13. The third kappa shape index (κ3) is 4.62. The fourth-order valence-electron chi connectivity index (χ4n) is 2.69. The van der Waals surface area contributed by atoms with Crippen molar-refractivity contribution in [3.8, 4) is 11.5 Å². The van der Waals surface area contributed by atoms with Gasteiger partial charge in [-0.15, -0.1) is 0 Å². The molecule has 0 saturated heterocycles. The molecule has 0 aliphatic carbocycles. The maximum Gasteiger partial charge on any atom is 0.345 e. The van der Waals surface area contributed by atoms with Crippen molar-refractivity contribution in [3.05, 3.63) is 89.5 Å². The Bertz CT molecular complexity index is 1080. The first-order valence-corrected chi connectivity index (χ1v) is 8.90. The zero-order valence-electron chi connectivity index (χ0n) is 16.0. The van der Waals surface area contributed by atoms with Crippen molar-refractivity contribution in [2.45, 2.75) is 0 Å². The SMILES string of the molecule is COc1cc(C(=O)NN)ccc1OC(=O)c1ccccc1NC(=O)c1ccccc1. The maximum atomic E-state index is 12.8. The van der Waals surface area contributed by atoms with Crippen LogP contribution in [0, 0.1) is 0 Å². The van der Waals surface area contributed by atoms with Gasteiger partial charge in [0.1, 0.15) is 0 Å². The van der Waals surface area contributed by atoms with E-state index in [0.29, 0.717) is 11.3 Å². The average Bonchev–Trinajstić information content (AvgIpc) is 2.79. The summed E-state index contributed by atoms with van der Waals surface area (Å²) < 4.78 is 10.6. The quantitative estimate of drug-likeness (QED) is 0.191. The standard InChI is InChI=1S/C22H19N3O5/c1-29-19-13-15(21(27)25-23)11-12-18(19)30-22(28)16-9-5-6-10-17(16)24-20(26)14-7-3-2-4-8-14/h2-13H,23H2,1H3,(H,24,26)(H,25,27). The van der Waals surface area contributed by atoms with E-state index in [1.807, 2.05) is 5.43 Å². The van der Waals surface area contributed by atoms with Crippen molar-refractivity contribution in [1.82, 2.24) is 5.43 Å². The van der Waals surface area contributed by atoms with Gasteiger partial charge in [0.15, 0.2) is 11.5 Å². The van der Waals surface area contributed by atoms with Gasteiger partial charge in [0.05, 0.1) is 18.4 Å². The Morgan fingerprint density at radius 1 is 0.800 bits per heavy atom. The number of anilines is 1. The lowest BCUT2D eigenvalue weighted by atomic mass is 10.1. The molecule has 0 atom stereocenters. The van der Waals surface area contributed by atoms with Gasteiger partial charge >= 0.3 is 5.97 Å². The van der Waals surface area contributed by atoms with Crippen molar-refractivity contribution in [3.63, 3.8) is 0 Å². The number of ether oxygens (including phenoxy) is 2. The number of amides is 2. The Morgan fingerprint density at radius 2 is 1.50 bits per heavy atom. The third-order valence-electron chi connectivity index (χ3n) is 4.19. The van der Waals surface area contributed by atoms with Crippen LogP contribution >= 0.6 is 0 Å². The minimum absolute atomic E-state index is 0.111. The molecule has 0 saturated carbocycles. The van der Waals surface area contributed by atoms with Crippen LogP contribution in [0.25, 0.3) is 0 Å². The highest BCUT2D eigenvalue weighted by molar-refractivity contribution is 6.08. The summed E-state index contributed by atoms with van der Waals surface area (Å²) >= 11 is 0. The molecule has 8 heteroatoms. The van der Waals surface area contributed by atoms with E-state index in [2.05, 4.69) is 5.32 Å². The van der Waals surface area contributed by atoms with Crippen molar-refractivity contribution < 1.29 is 23.9 Å². The Kier molecular flexibility index (Phi) is 6.41. The number of esters is 1. The second kappa shape index (κ2) is 9.35. The van der Waals surface area contributed by atoms with Crippen LogP contribution in [0.15, 0.2) is 72.8 Å². The number of para-hydroxylation sites is 1. The van der Waals surface area contributed by atoms with Crippen LogP contribution in [0.3, 0.4) is 0 Å². The van der Waals surface area contributed by atoms with Crippen LogP contribution in [0.1, 0.15) is 31.1 Å². The minimum Gasteiger partial charge on any atom is -0.493 e. The smallest absolute Gasteiger partial charge is 0.345 e. The van der Waals surface area contributed by atoms with Crippen LogP contribution in [0.2, 0.25) is 0 Å². The third-order valence-corrected chi connectivity index (χ3v) is 4.19. The normalized spacial score (nSPS) is 10.1. The van der Waals surface area contributed by atoms with Crippen LogP contribution < -0.4 is 26.1 Å². The summed E-state index contributed by atoms with van der Waals surface area (Å²) in [6.45, 7) is 0. The highest BCUT2D eigenvalue weighted by Crippen LogP contribution is 2.29. The fourth-order valence-corrected chi connectivity index (χ4v) is 2.69.